The average Bonchev–Trinajstić information content (AvgIpc) is 3.19. The number of halogens is 6. The molecule has 0 N–H and O–H groups in total. The normalized spacial score (nSPS) is 23.9. The molecule has 0 radical (unpaired) electrons. The maximum atomic E-state index is 14.6. The number of ether oxygens (including phenoxy) is 1. The number of alkyl halides is 5. The summed E-state index contributed by atoms with van der Waals surface area (Å²) in [7, 11) is 1.64. The van der Waals surface area contributed by atoms with Crippen molar-refractivity contribution in [2.45, 2.75) is 43.8 Å². The molecule has 0 saturated carbocycles. The van der Waals surface area contributed by atoms with Crippen molar-refractivity contribution in [3.63, 3.8) is 0 Å². The Labute approximate surface area is 209 Å². The Morgan fingerprint density at radius 3 is 2.67 bits per heavy atom. The van der Waals surface area contributed by atoms with Crippen LogP contribution >= 0.6 is 11.6 Å². The van der Waals surface area contributed by atoms with Crippen molar-refractivity contribution < 1.29 is 31.5 Å². The second-order valence-corrected chi connectivity index (χ2v) is 9.57. The van der Waals surface area contributed by atoms with Crippen molar-refractivity contribution in [3.05, 3.63) is 64.6 Å². The number of aryl methyl sites for hydroxylation is 1. The van der Waals surface area contributed by atoms with Crippen LogP contribution in [0.3, 0.4) is 0 Å². The van der Waals surface area contributed by atoms with Crippen LogP contribution in [-0.4, -0.2) is 50.7 Å². The van der Waals surface area contributed by atoms with Gasteiger partial charge in [0.1, 0.15) is 6.61 Å². The van der Waals surface area contributed by atoms with Gasteiger partial charge < -0.3 is 9.64 Å². The van der Waals surface area contributed by atoms with Crippen molar-refractivity contribution in [1.29, 1.82) is 0 Å². The third-order valence-corrected chi connectivity index (χ3v) is 6.60. The predicted molar refractivity (Wildman–Crippen MR) is 122 cm³/mol. The highest BCUT2D eigenvalue weighted by Gasteiger charge is 2.47. The van der Waals surface area contributed by atoms with E-state index >= 15 is 0 Å². The number of aromatic nitrogens is 3. The van der Waals surface area contributed by atoms with E-state index in [9.17, 15) is 26.7 Å². The van der Waals surface area contributed by atoms with E-state index in [0.29, 0.717) is 23.2 Å². The molecule has 6 nitrogen and oxygen atoms in total. The van der Waals surface area contributed by atoms with Gasteiger partial charge in [0.15, 0.2) is 5.69 Å². The van der Waals surface area contributed by atoms with Crippen molar-refractivity contribution in [3.8, 4) is 5.88 Å². The summed E-state index contributed by atoms with van der Waals surface area (Å²) in [6, 6.07) is 1.11. The molecule has 12 heteroatoms. The van der Waals surface area contributed by atoms with Crippen molar-refractivity contribution in [1.82, 2.24) is 19.7 Å². The zero-order chi connectivity index (χ0) is 26.3. The van der Waals surface area contributed by atoms with E-state index in [2.05, 4.69) is 10.1 Å². The Morgan fingerprint density at radius 1 is 1.31 bits per heavy atom. The monoisotopic (exact) mass is 530 g/mol. The lowest BCUT2D eigenvalue weighted by atomic mass is 9.87. The van der Waals surface area contributed by atoms with Crippen LogP contribution < -0.4 is 4.74 Å². The van der Waals surface area contributed by atoms with Gasteiger partial charge in [0.2, 0.25) is 5.88 Å². The van der Waals surface area contributed by atoms with Crippen LogP contribution in [0.15, 0.2) is 47.8 Å². The molecule has 0 aromatic carbocycles. The number of hydrogen-bond donors (Lipinski definition) is 0. The van der Waals surface area contributed by atoms with E-state index in [0.717, 1.165) is 17.0 Å². The minimum absolute atomic E-state index is 0.0566. The smallest absolute Gasteiger partial charge is 0.417 e. The second-order valence-electron chi connectivity index (χ2n) is 9.13. The summed E-state index contributed by atoms with van der Waals surface area (Å²) < 4.78 is 74.5. The zero-order valence-corrected chi connectivity index (χ0v) is 20.2. The largest absolute Gasteiger partial charge is 0.475 e. The van der Waals surface area contributed by atoms with Gasteiger partial charge in [-0.15, -0.1) is 0 Å². The molecule has 1 fully saturated rings. The number of carbonyl (C=O) groups is 1. The van der Waals surface area contributed by atoms with Gasteiger partial charge in [-0.3, -0.25) is 9.48 Å². The highest BCUT2D eigenvalue weighted by Crippen LogP contribution is 2.37. The summed E-state index contributed by atoms with van der Waals surface area (Å²) in [6.07, 6.45) is 3.18. The first kappa shape index (κ1) is 26.1. The lowest BCUT2D eigenvalue weighted by Gasteiger charge is -2.43. The average molecular weight is 531 g/mol. The molecule has 3 heterocycles. The zero-order valence-electron chi connectivity index (χ0n) is 19.5. The first-order valence-corrected chi connectivity index (χ1v) is 11.6. The summed E-state index contributed by atoms with van der Waals surface area (Å²) in [6.45, 7) is 0.537. The molecular weight excluding hydrogens is 507 g/mol. The van der Waals surface area contributed by atoms with E-state index in [-0.39, 0.29) is 24.1 Å². The van der Waals surface area contributed by atoms with Crippen molar-refractivity contribution >= 4 is 17.5 Å². The molecule has 1 amide bonds. The molecule has 2 aromatic rings. The van der Waals surface area contributed by atoms with Crippen LogP contribution in [0.4, 0.5) is 22.0 Å². The second kappa shape index (κ2) is 9.84. The maximum Gasteiger partial charge on any atom is 0.417 e. The van der Waals surface area contributed by atoms with Crippen LogP contribution in [0.25, 0.3) is 0 Å². The van der Waals surface area contributed by atoms with Gasteiger partial charge in [0.25, 0.3) is 11.8 Å². The first-order chi connectivity index (χ1) is 16.8. The van der Waals surface area contributed by atoms with Crippen LogP contribution in [0, 0.1) is 5.92 Å². The number of hydrogen-bond acceptors (Lipinski definition) is 4. The van der Waals surface area contributed by atoms with Gasteiger partial charge in [-0.25, -0.2) is 13.8 Å². The Kier molecular flexibility index (Phi) is 7.14. The summed E-state index contributed by atoms with van der Waals surface area (Å²) in [5.41, 5.74) is -0.293. The van der Waals surface area contributed by atoms with Gasteiger partial charge in [-0.1, -0.05) is 30.7 Å². The van der Waals surface area contributed by atoms with E-state index in [1.54, 1.807) is 32.3 Å². The number of pyridine rings is 1. The Balaban J connectivity index is 1.57. The standard InChI is InChI=1S/C24H24ClF5N4O2/c1-14-9-23(26,27)13-34(19(14)12-36-20-8-5-16(10-31-20)24(28,29)30)22(35)21-18(11-33(2)32-21)15-3-6-17(25)7-4-15/h3,5-8,10-11,14-15,19H,4,9,12-13H2,1-2H3. The molecule has 2 aromatic heterocycles. The van der Waals surface area contributed by atoms with Gasteiger partial charge in [-0.05, 0) is 24.5 Å². The van der Waals surface area contributed by atoms with Gasteiger partial charge in [0, 0.05) is 48.4 Å². The fourth-order valence-electron chi connectivity index (χ4n) is 4.53. The third kappa shape index (κ3) is 5.71. The fraction of sp³-hybridized carbons (Fsp3) is 0.458. The maximum absolute atomic E-state index is 14.6. The summed E-state index contributed by atoms with van der Waals surface area (Å²) in [5.74, 6) is -4.74. The molecule has 1 aliphatic carbocycles. The van der Waals surface area contributed by atoms with Gasteiger partial charge in [0.05, 0.1) is 18.2 Å². The molecule has 3 unspecified atom stereocenters. The molecule has 1 saturated heterocycles. The molecule has 36 heavy (non-hydrogen) atoms. The number of carbonyl (C=O) groups excluding carboxylic acids is 1. The topological polar surface area (TPSA) is 60.2 Å². The van der Waals surface area contributed by atoms with E-state index in [1.807, 2.05) is 6.08 Å². The van der Waals surface area contributed by atoms with Crippen LogP contribution in [0.2, 0.25) is 0 Å². The molecule has 3 atom stereocenters. The lowest BCUT2D eigenvalue weighted by Crippen LogP contribution is -2.57. The number of allylic oxidation sites excluding steroid dienone is 4. The minimum atomic E-state index is -4.55. The summed E-state index contributed by atoms with van der Waals surface area (Å²) in [4.78, 5) is 18.3. The summed E-state index contributed by atoms with van der Waals surface area (Å²) >= 11 is 6.00. The number of likely N-dealkylation sites (tertiary alicyclic amines) is 1. The molecule has 0 spiro atoms. The highest BCUT2D eigenvalue weighted by molar-refractivity contribution is 6.31. The molecule has 0 bridgehead atoms. The number of piperidine rings is 1. The van der Waals surface area contributed by atoms with E-state index in [1.165, 1.54) is 4.68 Å². The van der Waals surface area contributed by atoms with Crippen LogP contribution in [0.5, 0.6) is 5.88 Å². The number of rotatable bonds is 5. The highest BCUT2D eigenvalue weighted by atomic mass is 35.5. The van der Waals surface area contributed by atoms with Gasteiger partial charge in [-0.2, -0.15) is 18.3 Å². The minimum Gasteiger partial charge on any atom is -0.475 e. The third-order valence-electron chi connectivity index (χ3n) is 6.32. The van der Waals surface area contributed by atoms with Gasteiger partial charge >= 0.3 is 6.18 Å². The number of nitrogens with zero attached hydrogens (tertiary/aromatic N) is 4. The van der Waals surface area contributed by atoms with Crippen LogP contribution in [-0.2, 0) is 13.2 Å². The Hall–Kier alpha value is -2.95. The molecule has 4 rings (SSSR count). The molecule has 194 valence electrons. The predicted octanol–water partition coefficient (Wildman–Crippen LogP) is 5.57. The number of amides is 1. The molecular formula is C24H24ClF5N4O2. The quantitative estimate of drug-likeness (QED) is 0.475. The van der Waals surface area contributed by atoms with Crippen LogP contribution in [0.1, 0.15) is 47.3 Å². The van der Waals surface area contributed by atoms with Crippen molar-refractivity contribution in [2.24, 2.45) is 13.0 Å². The fourth-order valence-corrected chi connectivity index (χ4v) is 4.69. The molecule has 2 aliphatic rings. The Morgan fingerprint density at radius 2 is 2.06 bits per heavy atom. The SMILES string of the molecule is CC1CC(F)(F)CN(C(=O)c2nn(C)cc2C2C=CC(Cl)=CC2)C1COc1ccc(C(F)(F)F)cn1. The summed E-state index contributed by atoms with van der Waals surface area (Å²) in [5, 5.41) is 4.84. The van der Waals surface area contributed by atoms with E-state index in [4.69, 9.17) is 16.3 Å². The Bertz CT molecular complexity index is 1180. The lowest BCUT2D eigenvalue weighted by molar-refractivity contribution is -0.137. The first-order valence-electron chi connectivity index (χ1n) is 11.3. The molecule has 1 aliphatic heterocycles. The van der Waals surface area contributed by atoms with E-state index < -0.39 is 48.5 Å². The van der Waals surface area contributed by atoms with Crippen molar-refractivity contribution in [2.75, 3.05) is 13.2 Å².